The van der Waals surface area contributed by atoms with Gasteiger partial charge in [-0.15, -0.1) is 0 Å². The van der Waals surface area contributed by atoms with Gasteiger partial charge in [0.25, 0.3) is 0 Å². The fraction of sp³-hybridized carbons (Fsp3) is 0.857. The van der Waals surface area contributed by atoms with E-state index in [-0.39, 0.29) is 18.5 Å². The molecule has 0 aromatic rings. The van der Waals surface area contributed by atoms with Gasteiger partial charge in [0.15, 0.2) is 0 Å². The zero-order chi connectivity index (χ0) is 15.1. The minimum absolute atomic E-state index is 0.00236. The van der Waals surface area contributed by atoms with Gasteiger partial charge < -0.3 is 19.8 Å². The van der Waals surface area contributed by atoms with E-state index < -0.39 is 5.97 Å². The zero-order valence-corrected chi connectivity index (χ0v) is 12.8. The smallest absolute Gasteiger partial charge is 0.320 e. The number of aliphatic carboxylic acids is 1. The molecule has 1 heterocycles. The maximum Gasteiger partial charge on any atom is 0.320 e. The van der Waals surface area contributed by atoms with Gasteiger partial charge in [0.1, 0.15) is 0 Å². The molecule has 1 N–H and O–H groups in total. The lowest BCUT2D eigenvalue weighted by molar-refractivity contribution is -0.138. The third-order valence-corrected chi connectivity index (χ3v) is 3.61. The summed E-state index contributed by atoms with van der Waals surface area (Å²) in [4.78, 5) is 29.1. The standard InChI is InChI=1S/C14H27N3O3/c1-4-7-16(10-9-15(2)3)14(20)17-8-5-6-12(17)11-13(18)19/h12H,4-11H2,1-3H3,(H,18,19). The molecular weight excluding hydrogens is 258 g/mol. The number of nitrogens with zero attached hydrogens (tertiary/aromatic N) is 3. The summed E-state index contributed by atoms with van der Waals surface area (Å²) in [5.41, 5.74) is 0. The number of carboxylic acids is 1. The highest BCUT2D eigenvalue weighted by Crippen LogP contribution is 2.21. The largest absolute Gasteiger partial charge is 0.481 e. The van der Waals surface area contributed by atoms with E-state index in [1.165, 1.54) is 0 Å². The molecule has 0 spiro atoms. The second-order valence-electron chi connectivity index (χ2n) is 5.66. The Kier molecular flexibility index (Phi) is 6.78. The van der Waals surface area contributed by atoms with Gasteiger partial charge in [0.2, 0.25) is 0 Å². The first-order chi connectivity index (χ1) is 9.45. The quantitative estimate of drug-likeness (QED) is 0.766. The number of urea groups is 1. The first-order valence-electron chi connectivity index (χ1n) is 7.37. The Morgan fingerprint density at radius 1 is 1.25 bits per heavy atom. The van der Waals surface area contributed by atoms with Gasteiger partial charge in [-0.25, -0.2) is 4.79 Å². The third kappa shape index (κ3) is 5.00. The molecule has 1 unspecified atom stereocenters. The molecule has 0 bridgehead atoms. The maximum absolute atomic E-state index is 12.6. The molecule has 0 aromatic heterocycles. The Balaban J connectivity index is 2.64. The van der Waals surface area contributed by atoms with Crippen LogP contribution in [0.1, 0.15) is 32.6 Å². The van der Waals surface area contributed by atoms with E-state index in [1.807, 2.05) is 19.0 Å². The van der Waals surface area contributed by atoms with E-state index in [4.69, 9.17) is 5.11 Å². The molecule has 0 radical (unpaired) electrons. The zero-order valence-electron chi connectivity index (χ0n) is 12.8. The Labute approximate surface area is 121 Å². The minimum atomic E-state index is -0.829. The Bertz CT molecular complexity index is 334. The Hall–Kier alpha value is -1.30. The monoisotopic (exact) mass is 285 g/mol. The lowest BCUT2D eigenvalue weighted by Gasteiger charge is -2.32. The van der Waals surface area contributed by atoms with Crippen molar-refractivity contribution < 1.29 is 14.7 Å². The Morgan fingerprint density at radius 2 is 1.95 bits per heavy atom. The number of carboxylic acid groups (broad SMARTS) is 1. The van der Waals surface area contributed by atoms with Gasteiger partial charge in [-0.05, 0) is 33.4 Å². The van der Waals surface area contributed by atoms with Crippen molar-refractivity contribution in [3.05, 3.63) is 0 Å². The molecule has 1 aliphatic heterocycles. The molecule has 2 amide bonds. The second kappa shape index (κ2) is 8.09. The molecule has 1 fully saturated rings. The SMILES string of the molecule is CCCN(CCN(C)C)C(=O)N1CCCC1CC(=O)O. The molecule has 0 aromatic carbocycles. The first-order valence-corrected chi connectivity index (χ1v) is 7.37. The molecule has 1 aliphatic rings. The van der Waals surface area contributed by atoms with Crippen molar-refractivity contribution >= 4 is 12.0 Å². The van der Waals surface area contributed by atoms with Crippen LogP contribution < -0.4 is 0 Å². The molecule has 116 valence electrons. The van der Waals surface area contributed by atoms with E-state index in [2.05, 4.69) is 11.8 Å². The van der Waals surface area contributed by atoms with Crippen LogP contribution in [0.2, 0.25) is 0 Å². The van der Waals surface area contributed by atoms with E-state index in [0.29, 0.717) is 13.1 Å². The van der Waals surface area contributed by atoms with Gasteiger partial charge in [0, 0.05) is 32.2 Å². The van der Waals surface area contributed by atoms with E-state index in [1.54, 1.807) is 4.90 Å². The summed E-state index contributed by atoms with van der Waals surface area (Å²) in [5, 5.41) is 8.93. The molecule has 1 saturated heterocycles. The van der Waals surface area contributed by atoms with Crippen molar-refractivity contribution in [3.8, 4) is 0 Å². The van der Waals surface area contributed by atoms with Crippen molar-refractivity contribution in [3.63, 3.8) is 0 Å². The summed E-state index contributed by atoms with van der Waals surface area (Å²) in [7, 11) is 3.97. The van der Waals surface area contributed by atoms with Crippen LogP contribution in [0.3, 0.4) is 0 Å². The molecule has 6 nitrogen and oxygen atoms in total. The number of hydrogen-bond acceptors (Lipinski definition) is 3. The van der Waals surface area contributed by atoms with Crippen LogP contribution in [0.15, 0.2) is 0 Å². The third-order valence-electron chi connectivity index (χ3n) is 3.61. The van der Waals surface area contributed by atoms with Gasteiger partial charge in [-0.1, -0.05) is 6.92 Å². The summed E-state index contributed by atoms with van der Waals surface area (Å²) in [6.45, 7) is 4.97. The van der Waals surface area contributed by atoms with Crippen LogP contribution in [0.5, 0.6) is 0 Å². The summed E-state index contributed by atoms with van der Waals surface area (Å²) >= 11 is 0. The lowest BCUT2D eigenvalue weighted by Crippen LogP contribution is -2.48. The lowest BCUT2D eigenvalue weighted by atomic mass is 10.1. The van der Waals surface area contributed by atoms with Crippen LogP contribution in [0.25, 0.3) is 0 Å². The van der Waals surface area contributed by atoms with Crippen molar-refractivity contribution in [2.45, 2.75) is 38.6 Å². The van der Waals surface area contributed by atoms with Crippen molar-refractivity contribution in [1.82, 2.24) is 14.7 Å². The molecule has 1 rings (SSSR count). The van der Waals surface area contributed by atoms with E-state index in [9.17, 15) is 9.59 Å². The van der Waals surface area contributed by atoms with Crippen LogP contribution in [0, 0.1) is 0 Å². The molecule has 0 aliphatic carbocycles. The topological polar surface area (TPSA) is 64.1 Å². The normalized spacial score (nSPS) is 18.6. The number of carbonyl (C=O) groups is 2. The summed E-state index contributed by atoms with van der Waals surface area (Å²) < 4.78 is 0. The van der Waals surface area contributed by atoms with Crippen molar-refractivity contribution in [2.24, 2.45) is 0 Å². The number of amides is 2. The number of rotatable bonds is 7. The van der Waals surface area contributed by atoms with Gasteiger partial charge in [0.05, 0.1) is 6.42 Å². The first kappa shape index (κ1) is 16.8. The van der Waals surface area contributed by atoms with Crippen LogP contribution in [-0.2, 0) is 4.79 Å². The summed E-state index contributed by atoms with van der Waals surface area (Å²) in [6, 6.07) is -0.142. The van der Waals surface area contributed by atoms with Gasteiger partial charge in [-0.3, -0.25) is 4.79 Å². The Morgan fingerprint density at radius 3 is 2.50 bits per heavy atom. The highest BCUT2D eigenvalue weighted by atomic mass is 16.4. The van der Waals surface area contributed by atoms with E-state index in [0.717, 1.165) is 32.4 Å². The number of hydrogen-bond donors (Lipinski definition) is 1. The molecular formula is C14H27N3O3. The fourth-order valence-electron chi connectivity index (χ4n) is 2.58. The highest BCUT2D eigenvalue weighted by molar-refractivity contribution is 5.76. The summed E-state index contributed by atoms with van der Waals surface area (Å²) in [6.07, 6.45) is 2.67. The molecule has 6 heteroatoms. The number of carbonyl (C=O) groups excluding carboxylic acids is 1. The molecule has 20 heavy (non-hydrogen) atoms. The van der Waals surface area contributed by atoms with Crippen LogP contribution in [0.4, 0.5) is 4.79 Å². The predicted octanol–water partition coefficient (Wildman–Crippen LogP) is 1.32. The average Bonchev–Trinajstić information content (AvgIpc) is 2.80. The molecule has 0 saturated carbocycles. The maximum atomic E-state index is 12.6. The second-order valence-corrected chi connectivity index (χ2v) is 5.66. The van der Waals surface area contributed by atoms with Crippen LogP contribution in [-0.4, -0.2) is 78.1 Å². The van der Waals surface area contributed by atoms with Gasteiger partial charge in [-0.2, -0.15) is 0 Å². The summed E-state index contributed by atoms with van der Waals surface area (Å²) in [5.74, 6) is -0.829. The van der Waals surface area contributed by atoms with Crippen molar-refractivity contribution in [1.29, 1.82) is 0 Å². The highest BCUT2D eigenvalue weighted by Gasteiger charge is 2.32. The number of likely N-dealkylation sites (tertiary alicyclic amines) is 1. The minimum Gasteiger partial charge on any atom is -0.481 e. The van der Waals surface area contributed by atoms with E-state index >= 15 is 0 Å². The predicted molar refractivity (Wildman–Crippen MR) is 77.8 cm³/mol. The molecule has 1 atom stereocenters. The van der Waals surface area contributed by atoms with Crippen molar-refractivity contribution in [2.75, 3.05) is 40.3 Å². The number of likely N-dealkylation sites (N-methyl/N-ethyl adjacent to an activating group) is 1. The fourth-order valence-corrected chi connectivity index (χ4v) is 2.58. The van der Waals surface area contributed by atoms with Crippen LogP contribution >= 0.6 is 0 Å². The van der Waals surface area contributed by atoms with Gasteiger partial charge >= 0.3 is 12.0 Å². The average molecular weight is 285 g/mol.